The van der Waals surface area contributed by atoms with Crippen LogP contribution in [0.1, 0.15) is 53.4 Å². The van der Waals surface area contributed by atoms with Gasteiger partial charge in [-0.2, -0.15) is 0 Å². The van der Waals surface area contributed by atoms with Gasteiger partial charge in [-0.1, -0.05) is 13.8 Å². The van der Waals surface area contributed by atoms with Crippen molar-refractivity contribution in [2.45, 2.75) is 59.4 Å². The highest BCUT2D eigenvalue weighted by Crippen LogP contribution is 2.06. The molecule has 0 heterocycles. The Bertz CT molecular complexity index is 239. The van der Waals surface area contributed by atoms with Crippen LogP contribution in [0.5, 0.6) is 0 Å². The molecule has 0 spiro atoms. The van der Waals surface area contributed by atoms with Crippen LogP contribution in [0, 0.1) is 5.92 Å². The maximum absolute atomic E-state index is 11.5. The second-order valence-electron chi connectivity index (χ2n) is 4.74. The Morgan fingerprint density at radius 3 is 2.29 bits per heavy atom. The Balaban J connectivity index is 3.67. The van der Waals surface area contributed by atoms with E-state index in [1.165, 1.54) is 0 Å². The molecule has 0 saturated heterocycles. The summed E-state index contributed by atoms with van der Waals surface area (Å²) in [5, 5.41) is 2.89. The van der Waals surface area contributed by atoms with Gasteiger partial charge >= 0.3 is 5.97 Å². The highest BCUT2D eigenvalue weighted by molar-refractivity contribution is 5.81. The molecular formula is C13H25NO3. The molecule has 0 radical (unpaired) electrons. The van der Waals surface area contributed by atoms with Crippen molar-refractivity contribution >= 4 is 11.9 Å². The molecule has 100 valence electrons. The molecule has 0 saturated carbocycles. The summed E-state index contributed by atoms with van der Waals surface area (Å²) in [5.74, 6) is 0.265. The predicted molar refractivity (Wildman–Crippen MR) is 67.5 cm³/mol. The van der Waals surface area contributed by atoms with Crippen molar-refractivity contribution in [2.24, 2.45) is 5.92 Å². The number of ether oxygens (including phenoxy) is 1. The molecule has 0 aromatic heterocycles. The topological polar surface area (TPSA) is 55.4 Å². The van der Waals surface area contributed by atoms with Crippen molar-refractivity contribution in [3.8, 4) is 0 Å². The number of hydrogen-bond donors (Lipinski definition) is 1. The summed E-state index contributed by atoms with van der Waals surface area (Å²) in [7, 11) is 0. The fourth-order valence-electron chi connectivity index (χ4n) is 1.45. The third-order valence-electron chi connectivity index (χ3n) is 2.45. The van der Waals surface area contributed by atoms with Crippen LogP contribution in [0.2, 0.25) is 0 Å². The number of carbonyl (C=O) groups excluding carboxylic acids is 2. The van der Waals surface area contributed by atoms with Crippen molar-refractivity contribution in [1.29, 1.82) is 0 Å². The minimum atomic E-state index is -0.308. The lowest BCUT2D eigenvalue weighted by Gasteiger charge is -2.14. The monoisotopic (exact) mass is 243 g/mol. The highest BCUT2D eigenvalue weighted by atomic mass is 16.5. The first-order chi connectivity index (χ1) is 7.95. The molecule has 0 aliphatic rings. The first-order valence-electron chi connectivity index (χ1n) is 6.40. The maximum atomic E-state index is 11.5. The van der Waals surface area contributed by atoms with Crippen molar-refractivity contribution in [3.05, 3.63) is 0 Å². The molecule has 1 N–H and O–H groups in total. The summed E-state index contributed by atoms with van der Waals surface area (Å²) in [4.78, 5) is 22.5. The van der Waals surface area contributed by atoms with Crippen LogP contribution in [0.3, 0.4) is 0 Å². The van der Waals surface area contributed by atoms with Crippen LogP contribution >= 0.6 is 0 Å². The van der Waals surface area contributed by atoms with Crippen LogP contribution in [-0.4, -0.2) is 24.5 Å². The van der Waals surface area contributed by atoms with Crippen LogP contribution in [0.15, 0.2) is 0 Å². The molecule has 4 heteroatoms. The molecule has 1 unspecified atom stereocenters. The van der Waals surface area contributed by atoms with Crippen molar-refractivity contribution < 1.29 is 14.3 Å². The molecular weight excluding hydrogens is 218 g/mol. The third-order valence-corrected chi connectivity index (χ3v) is 2.45. The number of amides is 1. The zero-order valence-electron chi connectivity index (χ0n) is 11.4. The summed E-state index contributed by atoms with van der Waals surface area (Å²) in [6, 6.07) is 0.173. The van der Waals surface area contributed by atoms with Crippen LogP contribution in [-0.2, 0) is 14.3 Å². The van der Waals surface area contributed by atoms with E-state index in [4.69, 9.17) is 4.74 Å². The van der Waals surface area contributed by atoms with Crippen LogP contribution < -0.4 is 5.32 Å². The Hall–Kier alpha value is -1.06. The first-order valence-corrected chi connectivity index (χ1v) is 6.40. The largest absolute Gasteiger partial charge is 0.466 e. The molecule has 0 bridgehead atoms. The van der Waals surface area contributed by atoms with Gasteiger partial charge in [-0.05, 0) is 32.6 Å². The molecule has 0 aromatic carbocycles. The van der Waals surface area contributed by atoms with Gasteiger partial charge in [0.15, 0.2) is 0 Å². The average Bonchev–Trinajstić information content (AvgIpc) is 2.24. The number of hydrogen-bond acceptors (Lipinski definition) is 3. The zero-order valence-corrected chi connectivity index (χ0v) is 11.4. The molecule has 0 aliphatic heterocycles. The fourth-order valence-corrected chi connectivity index (χ4v) is 1.45. The summed E-state index contributed by atoms with van der Waals surface area (Å²) in [6.07, 6.45) is 2.45. The average molecular weight is 243 g/mol. The molecule has 0 fully saturated rings. The SMILES string of the molecule is CCOC(=O)CCC(=O)NC(C)CCC(C)C. The molecule has 0 aromatic rings. The summed E-state index contributed by atoms with van der Waals surface area (Å²) in [5.41, 5.74) is 0. The summed E-state index contributed by atoms with van der Waals surface area (Å²) in [6.45, 7) is 8.44. The summed E-state index contributed by atoms with van der Waals surface area (Å²) >= 11 is 0. The molecule has 1 atom stereocenters. The van der Waals surface area contributed by atoms with Gasteiger partial charge in [0.05, 0.1) is 13.0 Å². The molecule has 0 rings (SSSR count). The minimum absolute atomic E-state index is 0.0747. The first kappa shape index (κ1) is 15.9. The van der Waals surface area contributed by atoms with Gasteiger partial charge in [0.2, 0.25) is 5.91 Å². The van der Waals surface area contributed by atoms with E-state index >= 15 is 0 Å². The van der Waals surface area contributed by atoms with E-state index in [-0.39, 0.29) is 30.8 Å². The van der Waals surface area contributed by atoms with E-state index in [0.29, 0.717) is 12.5 Å². The Kier molecular flexibility index (Phi) is 8.46. The molecule has 1 amide bonds. The van der Waals surface area contributed by atoms with Gasteiger partial charge in [-0.3, -0.25) is 9.59 Å². The fraction of sp³-hybridized carbons (Fsp3) is 0.846. The Morgan fingerprint density at radius 1 is 1.12 bits per heavy atom. The molecule has 17 heavy (non-hydrogen) atoms. The Morgan fingerprint density at radius 2 is 1.76 bits per heavy atom. The third kappa shape index (κ3) is 9.85. The number of esters is 1. The maximum Gasteiger partial charge on any atom is 0.306 e. The van der Waals surface area contributed by atoms with Crippen molar-refractivity contribution in [1.82, 2.24) is 5.32 Å². The number of rotatable bonds is 8. The second-order valence-corrected chi connectivity index (χ2v) is 4.74. The van der Waals surface area contributed by atoms with E-state index in [2.05, 4.69) is 19.2 Å². The van der Waals surface area contributed by atoms with E-state index in [1.54, 1.807) is 6.92 Å². The van der Waals surface area contributed by atoms with Gasteiger partial charge in [0.25, 0.3) is 0 Å². The predicted octanol–water partition coefficient (Wildman–Crippen LogP) is 2.27. The molecule has 4 nitrogen and oxygen atoms in total. The number of nitrogens with one attached hydrogen (secondary N) is 1. The lowest BCUT2D eigenvalue weighted by atomic mass is 10.0. The van der Waals surface area contributed by atoms with Crippen molar-refractivity contribution in [3.63, 3.8) is 0 Å². The van der Waals surface area contributed by atoms with Crippen molar-refractivity contribution in [2.75, 3.05) is 6.61 Å². The van der Waals surface area contributed by atoms with E-state index in [1.807, 2.05) is 6.92 Å². The van der Waals surface area contributed by atoms with Gasteiger partial charge in [0.1, 0.15) is 0 Å². The van der Waals surface area contributed by atoms with Crippen LogP contribution in [0.25, 0.3) is 0 Å². The van der Waals surface area contributed by atoms with Gasteiger partial charge in [-0.15, -0.1) is 0 Å². The summed E-state index contributed by atoms with van der Waals surface area (Å²) < 4.78 is 4.76. The zero-order chi connectivity index (χ0) is 13.3. The van der Waals surface area contributed by atoms with Crippen LogP contribution in [0.4, 0.5) is 0 Å². The highest BCUT2D eigenvalue weighted by Gasteiger charge is 2.10. The van der Waals surface area contributed by atoms with Gasteiger partial charge < -0.3 is 10.1 Å². The van der Waals surface area contributed by atoms with E-state index in [0.717, 1.165) is 12.8 Å². The lowest BCUT2D eigenvalue weighted by molar-refractivity contribution is -0.144. The smallest absolute Gasteiger partial charge is 0.306 e. The lowest BCUT2D eigenvalue weighted by Crippen LogP contribution is -2.33. The number of carbonyl (C=O) groups is 2. The van der Waals surface area contributed by atoms with Gasteiger partial charge in [-0.25, -0.2) is 0 Å². The minimum Gasteiger partial charge on any atom is -0.466 e. The van der Waals surface area contributed by atoms with E-state index in [9.17, 15) is 9.59 Å². The normalized spacial score (nSPS) is 12.3. The molecule has 0 aliphatic carbocycles. The Labute approximate surface area is 104 Å². The van der Waals surface area contributed by atoms with E-state index < -0.39 is 0 Å². The standard InChI is InChI=1S/C13H25NO3/c1-5-17-13(16)9-8-12(15)14-11(4)7-6-10(2)3/h10-11H,5-9H2,1-4H3,(H,14,15). The second kappa shape index (κ2) is 9.02. The quantitative estimate of drug-likeness (QED) is 0.665. The van der Waals surface area contributed by atoms with Gasteiger partial charge in [0, 0.05) is 12.5 Å².